The molecule has 0 aromatic heterocycles. The van der Waals surface area contributed by atoms with Gasteiger partial charge in [-0.05, 0) is 27.7 Å². The van der Waals surface area contributed by atoms with Crippen molar-refractivity contribution in [3.63, 3.8) is 0 Å². The molecule has 112 valence electrons. The topological polar surface area (TPSA) is 57.2 Å². The molecule has 1 aliphatic heterocycles. The maximum Gasteiger partial charge on any atom is 0.412 e. The van der Waals surface area contributed by atoms with Crippen LogP contribution in [0.5, 0.6) is 0 Å². The van der Waals surface area contributed by atoms with Gasteiger partial charge in [0.25, 0.3) is 0 Å². The van der Waals surface area contributed by atoms with Gasteiger partial charge in [-0.1, -0.05) is 0 Å². The van der Waals surface area contributed by atoms with E-state index >= 15 is 0 Å². The zero-order valence-corrected chi connectivity index (χ0v) is 12.5. The van der Waals surface area contributed by atoms with Crippen LogP contribution >= 0.6 is 0 Å². The molecule has 1 heterocycles. The molecule has 0 aliphatic carbocycles. The quantitative estimate of drug-likeness (QED) is 0.548. The molecule has 1 saturated heterocycles. The van der Waals surface area contributed by atoms with Crippen LogP contribution < -0.4 is 0 Å². The molecule has 0 saturated carbocycles. The van der Waals surface area contributed by atoms with Gasteiger partial charge in [-0.25, -0.2) is 4.79 Å². The normalized spacial score (nSPS) is 20.6. The van der Waals surface area contributed by atoms with Crippen molar-refractivity contribution in [2.24, 2.45) is 0 Å². The summed E-state index contributed by atoms with van der Waals surface area (Å²) in [4.78, 5) is 13.8. The third-order valence-corrected chi connectivity index (χ3v) is 2.96. The van der Waals surface area contributed by atoms with E-state index in [0.717, 1.165) is 0 Å². The van der Waals surface area contributed by atoms with Crippen LogP contribution in [0.1, 0.15) is 34.1 Å². The molecule has 0 atom stereocenters. The summed E-state index contributed by atoms with van der Waals surface area (Å²) in [6, 6.07) is 0. The largest absolute Gasteiger partial charge is 0.449 e. The Hall–Kier alpha value is -0.850. The van der Waals surface area contributed by atoms with Crippen molar-refractivity contribution in [3.05, 3.63) is 0 Å². The lowest BCUT2D eigenvalue weighted by Crippen LogP contribution is -2.52. The van der Waals surface area contributed by atoms with Crippen molar-refractivity contribution in [1.29, 1.82) is 0 Å². The van der Waals surface area contributed by atoms with E-state index in [2.05, 4.69) is 0 Å². The first-order chi connectivity index (χ1) is 8.81. The van der Waals surface area contributed by atoms with Crippen LogP contribution in [0.3, 0.4) is 0 Å². The van der Waals surface area contributed by atoms with Gasteiger partial charge >= 0.3 is 6.09 Å². The van der Waals surface area contributed by atoms with E-state index in [-0.39, 0.29) is 18.4 Å². The summed E-state index contributed by atoms with van der Waals surface area (Å²) in [6.07, 6.45) is 0.296. The van der Waals surface area contributed by atoms with Gasteiger partial charge in [0.15, 0.2) is 0 Å². The monoisotopic (exact) mass is 275 g/mol. The predicted molar refractivity (Wildman–Crippen MR) is 69.7 cm³/mol. The average Bonchev–Trinajstić information content (AvgIpc) is 2.53. The van der Waals surface area contributed by atoms with Gasteiger partial charge in [0, 0.05) is 13.5 Å². The lowest BCUT2D eigenvalue weighted by atomic mass is 10.0. The molecule has 0 aromatic rings. The van der Waals surface area contributed by atoms with E-state index < -0.39 is 5.72 Å². The Bertz CT molecular complexity index is 287. The molecule has 0 unspecified atom stereocenters. The first-order valence-electron chi connectivity index (χ1n) is 6.49. The van der Waals surface area contributed by atoms with Crippen LogP contribution in [-0.4, -0.2) is 56.0 Å². The fourth-order valence-corrected chi connectivity index (χ4v) is 2.21. The molecule has 0 radical (unpaired) electrons. The first kappa shape index (κ1) is 16.2. The number of rotatable bonds is 6. The number of hydrogen-bond donors (Lipinski definition) is 0. The number of methoxy groups -OCH3 is 1. The first-order valence-corrected chi connectivity index (χ1v) is 6.49. The van der Waals surface area contributed by atoms with Crippen LogP contribution in [0, 0.1) is 0 Å². The molecule has 19 heavy (non-hydrogen) atoms. The number of nitrogens with zero attached hydrogens (tertiary/aromatic N) is 1. The SMILES string of the molecule is COCOCCCOC(=O)N1C(C)(C)COC1(C)C. The molecule has 6 heteroatoms. The summed E-state index contributed by atoms with van der Waals surface area (Å²) in [7, 11) is 1.57. The number of carbonyl (C=O) groups is 1. The van der Waals surface area contributed by atoms with Crippen LogP contribution in [0.4, 0.5) is 4.79 Å². The zero-order chi connectivity index (χ0) is 14.5. The van der Waals surface area contributed by atoms with Crippen LogP contribution in [-0.2, 0) is 18.9 Å². The Kier molecular flexibility index (Phi) is 5.58. The molecule has 0 spiro atoms. The van der Waals surface area contributed by atoms with Crippen molar-refractivity contribution in [3.8, 4) is 0 Å². The Morgan fingerprint density at radius 2 is 1.95 bits per heavy atom. The smallest absolute Gasteiger partial charge is 0.412 e. The predicted octanol–water partition coefficient (Wildman–Crippen LogP) is 1.98. The highest BCUT2D eigenvalue weighted by atomic mass is 16.7. The highest BCUT2D eigenvalue weighted by molar-refractivity contribution is 5.69. The van der Waals surface area contributed by atoms with Crippen molar-refractivity contribution >= 4 is 6.09 Å². The number of ether oxygens (including phenoxy) is 4. The molecule has 6 nitrogen and oxygen atoms in total. The van der Waals surface area contributed by atoms with Crippen molar-refractivity contribution < 1.29 is 23.7 Å². The molecular weight excluding hydrogens is 250 g/mol. The standard InChI is InChI=1S/C13H25NO5/c1-12(2)9-19-13(3,4)14(12)11(15)18-8-6-7-17-10-16-5/h6-10H2,1-5H3. The van der Waals surface area contributed by atoms with Crippen molar-refractivity contribution in [2.75, 3.05) is 33.7 Å². The second kappa shape index (κ2) is 6.54. The van der Waals surface area contributed by atoms with E-state index in [4.69, 9.17) is 18.9 Å². The van der Waals surface area contributed by atoms with Gasteiger partial charge in [-0.3, -0.25) is 4.90 Å². The lowest BCUT2D eigenvalue weighted by Gasteiger charge is -2.36. The zero-order valence-electron chi connectivity index (χ0n) is 12.5. The molecule has 0 N–H and O–H groups in total. The maximum atomic E-state index is 12.1. The van der Waals surface area contributed by atoms with E-state index in [0.29, 0.717) is 26.2 Å². The fraction of sp³-hybridized carbons (Fsp3) is 0.923. The molecular formula is C13H25NO5. The molecule has 1 rings (SSSR count). The Balaban J connectivity index is 2.36. The van der Waals surface area contributed by atoms with Crippen molar-refractivity contribution in [2.45, 2.75) is 45.4 Å². The molecule has 1 aliphatic rings. The van der Waals surface area contributed by atoms with Gasteiger partial charge in [0.05, 0.1) is 25.4 Å². The Labute approximate surface area is 114 Å². The third kappa shape index (κ3) is 4.33. The molecule has 1 fully saturated rings. The van der Waals surface area contributed by atoms with Crippen LogP contribution in [0.15, 0.2) is 0 Å². The van der Waals surface area contributed by atoms with E-state index in [1.807, 2.05) is 27.7 Å². The van der Waals surface area contributed by atoms with E-state index in [1.54, 1.807) is 12.0 Å². The van der Waals surface area contributed by atoms with Crippen LogP contribution in [0.2, 0.25) is 0 Å². The fourth-order valence-electron chi connectivity index (χ4n) is 2.21. The number of hydrogen-bond acceptors (Lipinski definition) is 5. The maximum absolute atomic E-state index is 12.1. The summed E-state index contributed by atoms with van der Waals surface area (Å²) >= 11 is 0. The molecule has 1 amide bonds. The summed E-state index contributed by atoms with van der Waals surface area (Å²) in [5.74, 6) is 0. The molecule has 0 aromatic carbocycles. The van der Waals surface area contributed by atoms with Gasteiger partial charge in [-0.15, -0.1) is 0 Å². The number of amides is 1. The lowest BCUT2D eigenvalue weighted by molar-refractivity contribution is -0.0556. The Morgan fingerprint density at radius 1 is 1.26 bits per heavy atom. The highest BCUT2D eigenvalue weighted by Gasteiger charge is 2.49. The van der Waals surface area contributed by atoms with Gasteiger partial charge < -0.3 is 18.9 Å². The summed E-state index contributed by atoms with van der Waals surface area (Å²) in [5.41, 5.74) is -0.986. The van der Waals surface area contributed by atoms with Gasteiger partial charge in [-0.2, -0.15) is 0 Å². The van der Waals surface area contributed by atoms with E-state index in [1.165, 1.54) is 0 Å². The summed E-state index contributed by atoms with van der Waals surface area (Å²) < 4.78 is 20.8. The minimum Gasteiger partial charge on any atom is -0.449 e. The van der Waals surface area contributed by atoms with Gasteiger partial charge in [0.1, 0.15) is 12.5 Å². The number of carbonyl (C=O) groups excluding carboxylic acids is 1. The van der Waals surface area contributed by atoms with Gasteiger partial charge in [0.2, 0.25) is 0 Å². The highest BCUT2D eigenvalue weighted by Crippen LogP contribution is 2.34. The van der Waals surface area contributed by atoms with E-state index in [9.17, 15) is 4.79 Å². The average molecular weight is 275 g/mol. The third-order valence-electron chi connectivity index (χ3n) is 2.96. The summed E-state index contributed by atoms with van der Waals surface area (Å²) in [6.45, 7) is 9.25. The Morgan fingerprint density at radius 3 is 2.47 bits per heavy atom. The minimum atomic E-state index is -0.632. The molecule has 0 bridgehead atoms. The van der Waals surface area contributed by atoms with Crippen LogP contribution in [0.25, 0.3) is 0 Å². The van der Waals surface area contributed by atoms with Crippen molar-refractivity contribution in [1.82, 2.24) is 4.90 Å². The minimum absolute atomic E-state index is 0.258. The second-order valence-electron chi connectivity index (χ2n) is 5.67. The second-order valence-corrected chi connectivity index (χ2v) is 5.67. The summed E-state index contributed by atoms with van der Waals surface area (Å²) in [5, 5.41) is 0.